The second-order valence-corrected chi connectivity index (χ2v) is 7.38. The summed E-state index contributed by atoms with van der Waals surface area (Å²) in [5.41, 5.74) is 1.88. The van der Waals surface area contributed by atoms with Crippen molar-refractivity contribution >= 4 is 17.6 Å². The molecule has 0 radical (unpaired) electrons. The van der Waals surface area contributed by atoms with E-state index in [0.29, 0.717) is 6.54 Å². The fourth-order valence-electron chi connectivity index (χ4n) is 3.26. The Morgan fingerprint density at radius 3 is 2.74 bits per heavy atom. The summed E-state index contributed by atoms with van der Waals surface area (Å²) in [5, 5.41) is 9.54. The minimum absolute atomic E-state index is 0.0613. The van der Waals surface area contributed by atoms with Gasteiger partial charge >= 0.3 is 0 Å². The molecule has 1 amide bonds. The lowest BCUT2D eigenvalue weighted by Gasteiger charge is -2.30. The summed E-state index contributed by atoms with van der Waals surface area (Å²) in [6.45, 7) is 11.9. The van der Waals surface area contributed by atoms with Crippen molar-refractivity contribution in [3.8, 4) is 0 Å². The van der Waals surface area contributed by atoms with Crippen LogP contribution in [0, 0.1) is 5.92 Å². The molecule has 1 heterocycles. The number of carbonyl (C=O) groups is 1. The Morgan fingerprint density at radius 2 is 2.04 bits per heavy atom. The quantitative estimate of drug-likeness (QED) is 0.372. The Balaban J connectivity index is 1.77. The zero-order valence-electron chi connectivity index (χ0n) is 17.1. The molecular weight excluding hydrogens is 338 g/mol. The first-order valence-corrected chi connectivity index (χ1v) is 10.2. The van der Waals surface area contributed by atoms with Crippen molar-refractivity contribution in [3.63, 3.8) is 0 Å². The number of nitrogens with one attached hydrogen (secondary N) is 3. The van der Waals surface area contributed by atoms with Crippen LogP contribution in [0.2, 0.25) is 0 Å². The van der Waals surface area contributed by atoms with Crippen molar-refractivity contribution in [2.75, 3.05) is 38.0 Å². The van der Waals surface area contributed by atoms with E-state index in [1.54, 1.807) is 0 Å². The van der Waals surface area contributed by atoms with E-state index >= 15 is 0 Å². The van der Waals surface area contributed by atoms with Gasteiger partial charge < -0.3 is 20.9 Å². The van der Waals surface area contributed by atoms with Gasteiger partial charge in [0.1, 0.15) is 0 Å². The van der Waals surface area contributed by atoms with Crippen molar-refractivity contribution in [3.05, 3.63) is 29.8 Å². The van der Waals surface area contributed by atoms with Crippen molar-refractivity contribution in [2.45, 2.75) is 46.6 Å². The summed E-state index contributed by atoms with van der Waals surface area (Å²) in [5.74, 6) is 1.67. The van der Waals surface area contributed by atoms with E-state index in [1.165, 1.54) is 32.9 Å². The number of carbonyl (C=O) groups excluding carboxylic acids is 1. The molecule has 1 fully saturated rings. The third-order valence-electron chi connectivity index (χ3n) is 4.83. The molecule has 150 valence electrons. The molecule has 0 aromatic heterocycles. The molecule has 0 unspecified atom stereocenters. The lowest BCUT2D eigenvalue weighted by molar-refractivity contribution is -0.114. The van der Waals surface area contributed by atoms with Gasteiger partial charge in [-0.15, -0.1) is 0 Å². The first kappa shape index (κ1) is 21.2. The molecule has 27 heavy (non-hydrogen) atoms. The largest absolute Gasteiger partial charge is 0.357 e. The fraction of sp³-hybridized carbons (Fsp3) is 0.619. The smallest absolute Gasteiger partial charge is 0.221 e. The molecule has 1 aromatic rings. The highest BCUT2D eigenvalue weighted by Gasteiger charge is 2.14. The summed E-state index contributed by atoms with van der Waals surface area (Å²) in [6, 6.07) is 7.82. The molecule has 3 N–H and O–H groups in total. The van der Waals surface area contributed by atoms with E-state index in [1.807, 2.05) is 24.3 Å². The number of benzene rings is 1. The van der Waals surface area contributed by atoms with E-state index in [0.717, 1.165) is 49.2 Å². The van der Waals surface area contributed by atoms with Crippen molar-refractivity contribution in [1.82, 2.24) is 15.5 Å². The molecule has 0 aliphatic carbocycles. The zero-order chi connectivity index (χ0) is 19.5. The SMILES string of the molecule is CCNC(=NCc1cccc(NC(C)=O)c1)NCCCN1CCC(C)CC1. The maximum absolute atomic E-state index is 11.2. The van der Waals surface area contributed by atoms with Crippen LogP contribution < -0.4 is 16.0 Å². The Hall–Kier alpha value is -2.08. The van der Waals surface area contributed by atoms with Gasteiger partial charge in [-0.25, -0.2) is 4.99 Å². The first-order valence-electron chi connectivity index (χ1n) is 10.2. The molecular formula is C21H35N5O. The van der Waals surface area contributed by atoms with Gasteiger partial charge in [0.2, 0.25) is 5.91 Å². The third-order valence-corrected chi connectivity index (χ3v) is 4.83. The number of rotatable bonds is 8. The summed E-state index contributed by atoms with van der Waals surface area (Å²) >= 11 is 0. The fourth-order valence-corrected chi connectivity index (χ4v) is 3.26. The molecule has 0 atom stereocenters. The Kier molecular flexibility index (Phi) is 9.11. The van der Waals surface area contributed by atoms with Gasteiger partial charge in [-0.1, -0.05) is 19.1 Å². The second-order valence-electron chi connectivity index (χ2n) is 7.38. The predicted molar refractivity (Wildman–Crippen MR) is 113 cm³/mol. The topological polar surface area (TPSA) is 68.8 Å². The molecule has 0 saturated carbocycles. The van der Waals surface area contributed by atoms with Gasteiger partial charge in [0.15, 0.2) is 5.96 Å². The second kappa shape index (κ2) is 11.6. The molecule has 2 rings (SSSR count). The van der Waals surface area contributed by atoms with E-state index in [2.05, 4.69) is 39.7 Å². The molecule has 0 spiro atoms. The predicted octanol–water partition coefficient (Wildman–Crippen LogP) is 2.82. The molecule has 1 aromatic carbocycles. The van der Waals surface area contributed by atoms with Crippen LogP contribution in [0.1, 0.15) is 45.6 Å². The molecule has 6 heteroatoms. The number of guanidine groups is 1. The Bertz CT molecular complexity index is 608. The molecule has 1 saturated heterocycles. The van der Waals surface area contributed by atoms with Crippen LogP contribution in [0.25, 0.3) is 0 Å². The average Bonchev–Trinajstić information content (AvgIpc) is 2.64. The standard InChI is InChI=1S/C21H35N5O/c1-4-22-21(23-11-6-12-26-13-9-17(2)10-14-26)24-16-19-7-5-8-20(15-19)25-18(3)27/h5,7-8,15,17H,4,6,9-14,16H2,1-3H3,(H,25,27)(H2,22,23,24). The van der Waals surface area contributed by atoms with Gasteiger partial charge in [0, 0.05) is 25.7 Å². The summed E-state index contributed by atoms with van der Waals surface area (Å²) in [4.78, 5) is 18.4. The van der Waals surface area contributed by atoms with Gasteiger partial charge in [-0.05, 0) is 69.4 Å². The van der Waals surface area contributed by atoms with Crippen LogP contribution in [0.3, 0.4) is 0 Å². The molecule has 1 aliphatic rings. The lowest BCUT2D eigenvalue weighted by Crippen LogP contribution is -2.39. The summed E-state index contributed by atoms with van der Waals surface area (Å²) < 4.78 is 0. The number of amides is 1. The van der Waals surface area contributed by atoms with Crippen LogP contribution in [0.4, 0.5) is 5.69 Å². The van der Waals surface area contributed by atoms with Crippen LogP contribution in [-0.2, 0) is 11.3 Å². The van der Waals surface area contributed by atoms with E-state index in [9.17, 15) is 4.79 Å². The maximum atomic E-state index is 11.2. The number of piperidine rings is 1. The lowest BCUT2D eigenvalue weighted by atomic mass is 9.99. The van der Waals surface area contributed by atoms with E-state index in [4.69, 9.17) is 0 Å². The highest BCUT2D eigenvalue weighted by Crippen LogP contribution is 2.15. The number of hydrogen-bond acceptors (Lipinski definition) is 3. The maximum Gasteiger partial charge on any atom is 0.221 e. The van der Waals surface area contributed by atoms with Gasteiger partial charge in [0.05, 0.1) is 6.54 Å². The first-order chi connectivity index (χ1) is 13.1. The molecule has 6 nitrogen and oxygen atoms in total. The highest BCUT2D eigenvalue weighted by atomic mass is 16.1. The average molecular weight is 374 g/mol. The summed E-state index contributed by atoms with van der Waals surface area (Å²) in [7, 11) is 0. The number of likely N-dealkylation sites (tertiary alicyclic amines) is 1. The van der Waals surface area contributed by atoms with Crippen molar-refractivity contribution in [2.24, 2.45) is 10.9 Å². The highest BCUT2D eigenvalue weighted by molar-refractivity contribution is 5.88. The number of anilines is 1. The molecule has 1 aliphatic heterocycles. The minimum Gasteiger partial charge on any atom is -0.357 e. The van der Waals surface area contributed by atoms with E-state index < -0.39 is 0 Å². The third kappa shape index (κ3) is 8.43. The van der Waals surface area contributed by atoms with E-state index in [-0.39, 0.29) is 5.91 Å². The number of hydrogen-bond donors (Lipinski definition) is 3. The van der Waals surface area contributed by atoms with Gasteiger partial charge in [-0.2, -0.15) is 0 Å². The normalized spacial score (nSPS) is 16.2. The van der Waals surface area contributed by atoms with Crippen LogP contribution in [0.15, 0.2) is 29.3 Å². The van der Waals surface area contributed by atoms with Crippen LogP contribution >= 0.6 is 0 Å². The monoisotopic (exact) mass is 373 g/mol. The van der Waals surface area contributed by atoms with Crippen LogP contribution in [0.5, 0.6) is 0 Å². The van der Waals surface area contributed by atoms with Crippen molar-refractivity contribution in [1.29, 1.82) is 0 Å². The van der Waals surface area contributed by atoms with Crippen molar-refractivity contribution < 1.29 is 4.79 Å². The van der Waals surface area contributed by atoms with Gasteiger partial charge in [-0.3, -0.25) is 4.79 Å². The van der Waals surface area contributed by atoms with Crippen LogP contribution in [-0.4, -0.2) is 49.5 Å². The minimum atomic E-state index is -0.0613. The van der Waals surface area contributed by atoms with Gasteiger partial charge in [0.25, 0.3) is 0 Å². The Morgan fingerprint density at radius 1 is 1.26 bits per heavy atom. The number of aliphatic imine (C=N–C) groups is 1. The zero-order valence-corrected chi connectivity index (χ0v) is 17.1. The summed E-state index contributed by atoms with van der Waals surface area (Å²) in [6.07, 6.45) is 3.78. The number of nitrogens with zero attached hydrogens (tertiary/aromatic N) is 2. The Labute approximate surface area is 163 Å². The molecule has 0 bridgehead atoms.